The van der Waals surface area contributed by atoms with Crippen molar-refractivity contribution in [2.75, 3.05) is 18.0 Å². The number of piperidine rings is 1. The Kier molecular flexibility index (Phi) is 3.64. The van der Waals surface area contributed by atoms with Crippen molar-refractivity contribution < 1.29 is 4.79 Å². The fourth-order valence-electron chi connectivity index (χ4n) is 4.31. The minimum Gasteiger partial charge on any atom is -0.354 e. The molecule has 1 amide bonds. The minimum absolute atomic E-state index is 0.0788. The van der Waals surface area contributed by atoms with Gasteiger partial charge >= 0.3 is 0 Å². The van der Waals surface area contributed by atoms with Gasteiger partial charge in [-0.05, 0) is 51.4 Å². The van der Waals surface area contributed by atoms with Crippen molar-refractivity contribution in [2.24, 2.45) is 5.92 Å². The third-order valence-electron chi connectivity index (χ3n) is 5.81. The number of fused-ring (bicyclic) bond motifs is 3. The van der Waals surface area contributed by atoms with Gasteiger partial charge in [-0.3, -0.25) is 4.79 Å². The fourth-order valence-corrected chi connectivity index (χ4v) is 4.31. The summed E-state index contributed by atoms with van der Waals surface area (Å²) in [6.07, 6.45) is 12.7. The van der Waals surface area contributed by atoms with Crippen LogP contribution in [0.4, 0.5) is 5.82 Å². The number of hydrogen-bond donors (Lipinski definition) is 1. The average molecular weight is 339 g/mol. The molecule has 1 aliphatic heterocycles. The van der Waals surface area contributed by atoms with E-state index in [4.69, 9.17) is 10.1 Å². The van der Waals surface area contributed by atoms with Crippen LogP contribution in [0.5, 0.6) is 0 Å². The van der Waals surface area contributed by atoms with Crippen LogP contribution in [-0.2, 0) is 17.6 Å². The highest BCUT2D eigenvalue weighted by Crippen LogP contribution is 2.32. The van der Waals surface area contributed by atoms with Crippen molar-refractivity contribution in [3.8, 4) is 0 Å². The largest absolute Gasteiger partial charge is 0.354 e. The van der Waals surface area contributed by atoms with Crippen molar-refractivity contribution in [1.29, 1.82) is 0 Å². The van der Waals surface area contributed by atoms with E-state index in [-0.39, 0.29) is 11.8 Å². The Bertz CT molecular complexity index is 809. The number of carbonyl (C=O) groups excluding carboxylic acids is 1. The van der Waals surface area contributed by atoms with Gasteiger partial charge in [0.15, 0.2) is 5.82 Å². The second kappa shape index (κ2) is 6.00. The van der Waals surface area contributed by atoms with E-state index in [1.807, 2.05) is 16.9 Å². The van der Waals surface area contributed by atoms with Crippen molar-refractivity contribution in [3.63, 3.8) is 0 Å². The van der Waals surface area contributed by atoms with E-state index in [0.717, 1.165) is 57.4 Å². The topological polar surface area (TPSA) is 62.5 Å². The van der Waals surface area contributed by atoms with Crippen LogP contribution in [0.25, 0.3) is 5.52 Å². The van der Waals surface area contributed by atoms with E-state index < -0.39 is 0 Å². The Morgan fingerprint density at radius 2 is 2.04 bits per heavy atom. The number of nitrogens with zero attached hydrogens (tertiary/aromatic N) is 4. The molecule has 0 bridgehead atoms. The predicted molar refractivity (Wildman–Crippen MR) is 95.7 cm³/mol. The lowest BCUT2D eigenvalue weighted by Gasteiger charge is -2.33. The van der Waals surface area contributed by atoms with E-state index in [1.54, 1.807) is 0 Å². The highest BCUT2D eigenvalue weighted by atomic mass is 16.2. The molecule has 1 saturated carbocycles. The van der Waals surface area contributed by atoms with Gasteiger partial charge in [-0.1, -0.05) is 0 Å². The lowest BCUT2D eigenvalue weighted by atomic mass is 9.95. The summed E-state index contributed by atoms with van der Waals surface area (Å²) in [5, 5.41) is 7.96. The molecule has 2 aromatic rings. The van der Waals surface area contributed by atoms with Gasteiger partial charge < -0.3 is 10.2 Å². The van der Waals surface area contributed by atoms with Crippen molar-refractivity contribution >= 4 is 17.2 Å². The molecule has 2 aromatic heterocycles. The van der Waals surface area contributed by atoms with Gasteiger partial charge in [0, 0.05) is 37.1 Å². The zero-order chi connectivity index (χ0) is 16.8. The highest BCUT2D eigenvalue weighted by molar-refractivity contribution is 5.81. The Morgan fingerprint density at radius 3 is 2.92 bits per heavy atom. The molecule has 25 heavy (non-hydrogen) atoms. The maximum Gasteiger partial charge on any atom is 0.225 e. The Balaban J connectivity index is 1.45. The second-order valence-corrected chi connectivity index (χ2v) is 7.74. The first-order chi connectivity index (χ1) is 12.3. The molecule has 6 heteroatoms. The van der Waals surface area contributed by atoms with Crippen LogP contribution < -0.4 is 10.2 Å². The molecular weight excluding hydrogens is 314 g/mol. The Labute approximate surface area is 147 Å². The molecule has 3 heterocycles. The number of anilines is 1. The van der Waals surface area contributed by atoms with E-state index >= 15 is 0 Å². The molecule has 1 saturated heterocycles. The lowest BCUT2D eigenvalue weighted by Crippen LogP contribution is -2.44. The number of hydrogen-bond acceptors (Lipinski definition) is 4. The normalized spacial score (nSPS) is 23.5. The van der Waals surface area contributed by atoms with Crippen LogP contribution in [0.1, 0.15) is 49.8 Å². The van der Waals surface area contributed by atoms with Gasteiger partial charge in [0.2, 0.25) is 5.91 Å². The zero-order valence-electron chi connectivity index (χ0n) is 14.6. The van der Waals surface area contributed by atoms with Gasteiger partial charge in [-0.15, -0.1) is 0 Å². The van der Waals surface area contributed by atoms with Gasteiger partial charge in [-0.2, -0.15) is 5.10 Å². The molecule has 2 fully saturated rings. The average Bonchev–Trinajstić information content (AvgIpc) is 3.38. The van der Waals surface area contributed by atoms with E-state index in [9.17, 15) is 4.79 Å². The van der Waals surface area contributed by atoms with E-state index in [1.165, 1.54) is 29.6 Å². The molecule has 6 nitrogen and oxygen atoms in total. The van der Waals surface area contributed by atoms with Crippen molar-refractivity contribution in [3.05, 3.63) is 23.7 Å². The molecule has 0 unspecified atom stereocenters. The van der Waals surface area contributed by atoms with Gasteiger partial charge in [0.1, 0.15) is 5.52 Å². The van der Waals surface area contributed by atoms with Crippen molar-refractivity contribution in [2.45, 2.75) is 57.4 Å². The first kappa shape index (κ1) is 15.2. The summed E-state index contributed by atoms with van der Waals surface area (Å²) in [6.45, 7) is 1.74. The molecule has 0 spiro atoms. The Morgan fingerprint density at radius 1 is 1.16 bits per heavy atom. The number of amides is 1. The van der Waals surface area contributed by atoms with Gasteiger partial charge in [0.25, 0.3) is 0 Å². The molecule has 1 atom stereocenters. The SMILES string of the molecule is O=C(NC1CC1)[C@H]1CCCN(c2nccn3nc4c(c23)CCCC4)C1. The zero-order valence-corrected chi connectivity index (χ0v) is 14.6. The van der Waals surface area contributed by atoms with E-state index in [0.29, 0.717) is 6.04 Å². The molecule has 0 radical (unpaired) electrons. The van der Waals surface area contributed by atoms with Crippen LogP contribution in [0, 0.1) is 5.92 Å². The fraction of sp³-hybridized carbons (Fsp3) is 0.632. The first-order valence-electron chi connectivity index (χ1n) is 9.70. The molecule has 0 aromatic carbocycles. The van der Waals surface area contributed by atoms with Crippen LogP contribution in [-0.4, -0.2) is 39.6 Å². The number of nitrogens with one attached hydrogen (secondary N) is 1. The molecular formula is C19H25N5O. The third-order valence-corrected chi connectivity index (χ3v) is 5.81. The predicted octanol–water partition coefficient (Wildman–Crippen LogP) is 2.10. The minimum atomic E-state index is 0.0788. The van der Waals surface area contributed by atoms with Crippen molar-refractivity contribution in [1.82, 2.24) is 19.9 Å². The summed E-state index contributed by atoms with van der Waals surface area (Å²) in [6, 6.07) is 0.436. The number of aryl methyl sites for hydroxylation is 2. The monoisotopic (exact) mass is 339 g/mol. The quantitative estimate of drug-likeness (QED) is 0.930. The summed E-state index contributed by atoms with van der Waals surface area (Å²) in [5.41, 5.74) is 3.78. The van der Waals surface area contributed by atoms with E-state index in [2.05, 4.69) is 10.2 Å². The van der Waals surface area contributed by atoms with Gasteiger partial charge in [-0.25, -0.2) is 9.50 Å². The molecule has 5 rings (SSSR count). The van der Waals surface area contributed by atoms with Crippen LogP contribution >= 0.6 is 0 Å². The van der Waals surface area contributed by atoms with Gasteiger partial charge in [0.05, 0.1) is 11.6 Å². The summed E-state index contributed by atoms with van der Waals surface area (Å²) in [5.74, 6) is 1.33. The number of carbonyl (C=O) groups is 1. The Hall–Kier alpha value is -2.11. The van der Waals surface area contributed by atoms with Crippen LogP contribution in [0.15, 0.2) is 12.4 Å². The smallest absolute Gasteiger partial charge is 0.225 e. The summed E-state index contributed by atoms with van der Waals surface area (Å²) >= 11 is 0. The second-order valence-electron chi connectivity index (χ2n) is 7.74. The third kappa shape index (κ3) is 2.77. The molecule has 132 valence electrons. The standard InChI is InChI=1S/C19H25N5O/c25-19(21-14-7-8-14)13-4-3-10-23(12-13)18-17-15-5-1-2-6-16(15)22-24(17)11-9-20-18/h9,11,13-14H,1-8,10,12H2,(H,21,25)/t13-/m0/s1. The number of rotatable bonds is 3. The lowest BCUT2D eigenvalue weighted by molar-refractivity contribution is -0.125. The first-order valence-corrected chi connectivity index (χ1v) is 9.70. The summed E-state index contributed by atoms with van der Waals surface area (Å²) in [7, 11) is 0. The highest BCUT2D eigenvalue weighted by Gasteiger charge is 2.32. The summed E-state index contributed by atoms with van der Waals surface area (Å²) < 4.78 is 2.01. The number of aromatic nitrogens is 3. The maximum absolute atomic E-state index is 12.5. The maximum atomic E-state index is 12.5. The molecule has 2 aliphatic carbocycles. The molecule has 3 aliphatic rings. The van der Waals surface area contributed by atoms with Crippen LogP contribution in [0.2, 0.25) is 0 Å². The van der Waals surface area contributed by atoms with Crippen LogP contribution in [0.3, 0.4) is 0 Å². The summed E-state index contributed by atoms with van der Waals surface area (Å²) in [4.78, 5) is 19.5. The molecule has 1 N–H and O–H groups in total.